The highest BCUT2D eigenvalue weighted by molar-refractivity contribution is 4.85. The molecule has 0 saturated carbocycles. The van der Waals surface area contributed by atoms with Crippen LogP contribution in [0.2, 0.25) is 0 Å². The predicted molar refractivity (Wildman–Crippen MR) is 62.7 cm³/mol. The molecular formula is C12H27NO. The summed E-state index contributed by atoms with van der Waals surface area (Å²) in [6, 6.07) is 0.479. The Morgan fingerprint density at radius 1 is 1.21 bits per heavy atom. The third kappa shape index (κ3) is 4.97. The van der Waals surface area contributed by atoms with Crippen molar-refractivity contribution in [3.8, 4) is 0 Å². The smallest absolute Gasteiger partial charge is 0.0774 e. The molecule has 2 heteroatoms. The molecule has 0 fully saturated rings. The van der Waals surface area contributed by atoms with E-state index in [0.717, 1.165) is 6.54 Å². The first-order chi connectivity index (χ1) is 6.58. The molecule has 0 aliphatic carbocycles. The Labute approximate surface area is 89.4 Å². The van der Waals surface area contributed by atoms with Crippen molar-refractivity contribution >= 4 is 0 Å². The van der Waals surface area contributed by atoms with Crippen LogP contribution in [0.3, 0.4) is 0 Å². The first kappa shape index (κ1) is 13.9. The zero-order chi connectivity index (χ0) is 11.0. The fraction of sp³-hybridized carbons (Fsp3) is 1.00. The molecule has 0 aromatic heterocycles. The van der Waals surface area contributed by atoms with E-state index in [2.05, 4.69) is 33.0 Å². The average Bonchev–Trinajstić information content (AvgIpc) is 2.17. The van der Waals surface area contributed by atoms with Gasteiger partial charge in [0.15, 0.2) is 0 Å². The van der Waals surface area contributed by atoms with Gasteiger partial charge < -0.3 is 10.1 Å². The minimum Gasteiger partial charge on any atom is -0.377 e. The summed E-state index contributed by atoms with van der Waals surface area (Å²) in [5, 5.41) is 3.57. The van der Waals surface area contributed by atoms with E-state index in [1.54, 1.807) is 7.11 Å². The first-order valence-corrected chi connectivity index (χ1v) is 5.87. The summed E-state index contributed by atoms with van der Waals surface area (Å²) < 4.78 is 5.53. The summed E-state index contributed by atoms with van der Waals surface area (Å²) in [5.74, 6) is 0. The van der Waals surface area contributed by atoms with Crippen LogP contribution in [-0.2, 0) is 4.74 Å². The van der Waals surface area contributed by atoms with Crippen molar-refractivity contribution in [1.29, 1.82) is 0 Å². The number of nitrogens with one attached hydrogen (secondary N) is 1. The molecule has 0 aliphatic heterocycles. The van der Waals surface area contributed by atoms with E-state index in [4.69, 9.17) is 4.74 Å². The normalized spacial score (nSPS) is 14.4. The van der Waals surface area contributed by atoms with Crippen molar-refractivity contribution in [2.75, 3.05) is 13.7 Å². The van der Waals surface area contributed by atoms with Crippen molar-refractivity contribution in [2.24, 2.45) is 0 Å². The van der Waals surface area contributed by atoms with Crippen LogP contribution in [0.1, 0.15) is 53.4 Å². The molecule has 1 unspecified atom stereocenters. The average molecular weight is 201 g/mol. The van der Waals surface area contributed by atoms with Crippen molar-refractivity contribution in [1.82, 2.24) is 5.32 Å². The van der Waals surface area contributed by atoms with Gasteiger partial charge in [-0.2, -0.15) is 0 Å². The van der Waals surface area contributed by atoms with Crippen molar-refractivity contribution in [3.05, 3.63) is 0 Å². The predicted octanol–water partition coefficient (Wildman–Crippen LogP) is 2.97. The van der Waals surface area contributed by atoms with E-state index < -0.39 is 0 Å². The highest BCUT2D eigenvalue weighted by Crippen LogP contribution is 2.18. The Balaban J connectivity index is 4.08. The maximum atomic E-state index is 5.53. The number of ether oxygens (including phenoxy) is 1. The van der Waals surface area contributed by atoms with Gasteiger partial charge in [0.25, 0.3) is 0 Å². The van der Waals surface area contributed by atoms with Gasteiger partial charge in [0, 0.05) is 13.2 Å². The molecule has 2 nitrogen and oxygen atoms in total. The molecule has 0 aromatic carbocycles. The second kappa shape index (κ2) is 7.24. The molecule has 0 bridgehead atoms. The van der Waals surface area contributed by atoms with E-state index in [1.807, 2.05) is 0 Å². The van der Waals surface area contributed by atoms with E-state index >= 15 is 0 Å². The second-order valence-corrected chi connectivity index (χ2v) is 4.46. The van der Waals surface area contributed by atoms with Gasteiger partial charge in [-0.15, -0.1) is 0 Å². The lowest BCUT2D eigenvalue weighted by Gasteiger charge is -2.34. The quantitative estimate of drug-likeness (QED) is 0.652. The molecular weight excluding hydrogens is 174 g/mol. The number of hydrogen-bond acceptors (Lipinski definition) is 2. The monoisotopic (exact) mass is 201 g/mol. The zero-order valence-electron chi connectivity index (χ0n) is 10.5. The lowest BCUT2D eigenvalue weighted by Crippen LogP contribution is -2.48. The minimum atomic E-state index is -0.0512. The van der Waals surface area contributed by atoms with Crippen LogP contribution in [0.5, 0.6) is 0 Å². The summed E-state index contributed by atoms with van der Waals surface area (Å²) >= 11 is 0. The Bertz CT molecular complexity index is 126. The Morgan fingerprint density at radius 3 is 2.29 bits per heavy atom. The van der Waals surface area contributed by atoms with Gasteiger partial charge in [-0.1, -0.05) is 26.7 Å². The molecule has 0 saturated heterocycles. The SMILES string of the molecule is CCCCC(NCCC)C(C)(C)OC. The van der Waals surface area contributed by atoms with E-state index in [0.29, 0.717) is 6.04 Å². The molecule has 1 N–H and O–H groups in total. The van der Waals surface area contributed by atoms with Crippen LogP contribution < -0.4 is 5.32 Å². The molecule has 14 heavy (non-hydrogen) atoms. The lowest BCUT2D eigenvalue weighted by atomic mass is 9.93. The highest BCUT2D eigenvalue weighted by Gasteiger charge is 2.27. The molecule has 1 atom stereocenters. The van der Waals surface area contributed by atoms with Crippen molar-refractivity contribution < 1.29 is 4.74 Å². The minimum absolute atomic E-state index is 0.0512. The Kier molecular flexibility index (Phi) is 7.20. The molecule has 0 aliphatic rings. The first-order valence-electron chi connectivity index (χ1n) is 5.87. The second-order valence-electron chi connectivity index (χ2n) is 4.46. The molecule has 0 aromatic rings. The molecule has 86 valence electrons. The van der Waals surface area contributed by atoms with Crippen LogP contribution in [0, 0.1) is 0 Å². The van der Waals surface area contributed by atoms with E-state index in [9.17, 15) is 0 Å². The van der Waals surface area contributed by atoms with Crippen molar-refractivity contribution in [2.45, 2.75) is 65.0 Å². The molecule has 0 rings (SSSR count). The Morgan fingerprint density at radius 2 is 1.86 bits per heavy atom. The lowest BCUT2D eigenvalue weighted by molar-refractivity contribution is -0.0129. The fourth-order valence-electron chi connectivity index (χ4n) is 1.56. The maximum absolute atomic E-state index is 5.53. The summed E-state index contributed by atoms with van der Waals surface area (Å²) in [6.07, 6.45) is 4.91. The molecule has 0 amide bonds. The largest absolute Gasteiger partial charge is 0.377 e. The van der Waals surface area contributed by atoms with E-state index in [-0.39, 0.29) is 5.60 Å². The van der Waals surface area contributed by atoms with Crippen molar-refractivity contribution in [3.63, 3.8) is 0 Å². The van der Waals surface area contributed by atoms with Crippen LogP contribution in [0.15, 0.2) is 0 Å². The standard InChI is InChI=1S/C12H27NO/c1-6-8-9-11(13-10-7-2)12(3,4)14-5/h11,13H,6-10H2,1-5H3. The summed E-state index contributed by atoms with van der Waals surface area (Å²) in [6.45, 7) is 9.84. The molecule has 0 radical (unpaired) electrons. The maximum Gasteiger partial charge on any atom is 0.0774 e. The highest BCUT2D eigenvalue weighted by atomic mass is 16.5. The molecule has 0 spiro atoms. The van der Waals surface area contributed by atoms with Gasteiger partial charge in [-0.05, 0) is 33.2 Å². The van der Waals surface area contributed by atoms with E-state index in [1.165, 1.54) is 25.7 Å². The number of methoxy groups -OCH3 is 1. The van der Waals surface area contributed by atoms with Crippen LogP contribution >= 0.6 is 0 Å². The number of rotatable bonds is 8. The Hall–Kier alpha value is -0.0800. The van der Waals surface area contributed by atoms with Crippen LogP contribution in [0.4, 0.5) is 0 Å². The van der Waals surface area contributed by atoms with Gasteiger partial charge in [0.2, 0.25) is 0 Å². The van der Waals surface area contributed by atoms with Gasteiger partial charge in [-0.25, -0.2) is 0 Å². The topological polar surface area (TPSA) is 21.3 Å². The van der Waals surface area contributed by atoms with Gasteiger partial charge >= 0.3 is 0 Å². The van der Waals surface area contributed by atoms with Gasteiger partial charge in [0.1, 0.15) is 0 Å². The zero-order valence-corrected chi connectivity index (χ0v) is 10.5. The third-order valence-electron chi connectivity index (χ3n) is 2.85. The summed E-state index contributed by atoms with van der Waals surface area (Å²) in [4.78, 5) is 0. The third-order valence-corrected chi connectivity index (χ3v) is 2.85. The van der Waals surface area contributed by atoms with Crippen LogP contribution in [0.25, 0.3) is 0 Å². The number of hydrogen-bond donors (Lipinski definition) is 1. The van der Waals surface area contributed by atoms with Gasteiger partial charge in [0.05, 0.1) is 5.60 Å². The molecule has 0 heterocycles. The van der Waals surface area contributed by atoms with Crippen LogP contribution in [-0.4, -0.2) is 25.3 Å². The fourth-order valence-corrected chi connectivity index (χ4v) is 1.56. The summed E-state index contributed by atoms with van der Waals surface area (Å²) in [7, 11) is 1.80. The number of unbranched alkanes of at least 4 members (excludes halogenated alkanes) is 1. The van der Waals surface area contributed by atoms with Gasteiger partial charge in [-0.3, -0.25) is 0 Å². The summed E-state index contributed by atoms with van der Waals surface area (Å²) in [5.41, 5.74) is -0.0512.